The molecule has 0 spiro atoms. The van der Waals surface area contributed by atoms with Gasteiger partial charge < -0.3 is 10.1 Å². The third-order valence-corrected chi connectivity index (χ3v) is 3.60. The Morgan fingerprint density at radius 3 is 3.00 bits per heavy atom. The van der Waals surface area contributed by atoms with Crippen molar-refractivity contribution in [2.45, 2.75) is 32.1 Å². The summed E-state index contributed by atoms with van der Waals surface area (Å²) in [5.74, 6) is 0.898. The van der Waals surface area contributed by atoms with Crippen molar-refractivity contribution in [3.63, 3.8) is 0 Å². The highest BCUT2D eigenvalue weighted by Crippen LogP contribution is 2.28. The van der Waals surface area contributed by atoms with E-state index in [1.165, 1.54) is 12.8 Å². The van der Waals surface area contributed by atoms with Gasteiger partial charge in [0, 0.05) is 31.2 Å². The van der Waals surface area contributed by atoms with Crippen LogP contribution in [0, 0.1) is 5.92 Å². The fourth-order valence-corrected chi connectivity index (χ4v) is 2.19. The number of carbonyl (C=O) groups excluding carboxylic acids is 1. The van der Waals surface area contributed by atoms with Gasteiger partial charge in [-0.25, -0.2) is 0 Å². The molecule has 2 rings (SSSR count). The first-order valence-electron chi connectivity index (χ1n) is 7.33. The molecule has 1 fully saturated rings. The first kappa shape index (κ1) is 15.3. The Morgan fingerprint density at radius 1 is 1.40 bits per heavy atom. The second kappa shape index (κ2) is 8.28. The molecule has 1 aromatic carbocycles. The number of rotatable bonds is 9. The zero-order valence-corrected chi connectivity index (χ0v) is 12.5. The highest BCUT2D eigenvalue weighted by Gasteiger charge is 2.20. The van der Waals surface area contributed by atoms with Crippen molar-refractivity contribution in [1.29, 1.82) is 0 Å². The summed E-state index contributed by atoms with van der Waals surface area (Å²) in [4.78, 5) is 11.7. The van der Waals surface area contributed by atoms with Crippen LogP contribution in [0.3, 0.4) is 0 Å². The van der Waals surface area contributed by atoms with Gasteiger partial charge in [0.1, 0.15) is 0 Å². The summed E-state index contributed by atoms with van der Waals surface area (Å²) in [5.41, 5.74) is 1.10. The van der Waals surface area contributed by atoms with E-state index < -0.39 is 0 Å². The van der Waals surface area contributed by atoms with E-state index in [0.29, 0.717) is 13.0 Å². The molecule has 0 bridgehead atoms. The Bertz CT molecular complexity index is 432. The standard InChI is InChI=1S/C16H22ClNO2/c17-15-4-1-3-13(11-15)7-8-16(19)18-9-2-10-20-12-14-5-6-14/h1,3-4,11,14H,2,5-10,12H2,(H,18,19). The largest absolute Gasteiger partial charge is 0.381 e. The van der Waals surface area contributed by atoms with Crippen LogP contribution >= 0.6 is 11.6 Å². The summed E-state index contributed by atoms with van der Waals surface area (Å²) in [5, 5.41) is 3.64. The van der Waals surface area contributed by atoms with Crippen molar-refractivity contribution in [2.75, 3.05) is 19.8 Å². The number of hydrogen-bond donors (Lipinski definition) is 1. The van der Waals surface area contributed by atoms with Crippen LogP contribution in [0.2, 0.25) is 5.02 Å². The van der Waals surface area contributed by atoms with Gasteiger partial charge in [0.2, 0.25) is 5.91 Å². The highest BCUT2D eigenvalue weighted by atomic mass is 35.5. The molecule has 1 aliphatic carbocycles. The van der Waals surface area contributed by atoms with Gasteiger partial charge in [-0.2, -0.15) is 0 Å². The number of halogens is 1. The highest BCUT2D eigenvalue weighted by molar-refractivity contribution is 6.30. The van der Waals surface area contributed by atoms with Crippen LogP contribution in [0.25, 0.3) is 0 Å². The average molecular weight is 296 g/mol. The van der Waals surface area contributed by atoms with Crippen molar-refractivity contribution >= 4 is 17.5 Å². The monoisotopic (exact) mass is 295 g/mol. The second-order valence-corrected chi connectivity index (χ2v) is 5.79. The van der Waals surface area contributed by atoms with Gasteiger partial charge in [-0.15, -0.1) is 0 Å². The van der Waals surface area contributed by atoms with Gasteiger partial charge >= 0.3 is 0 Å². The summed E-state index contributed by atoms with van der Waals surface area (Å²) in [6.07, 6.45) is 4.75. The van der Waals surface area contributed by atoms with Gasteiger partial charge in [0.05, 0.1) is 0 Å². The number of aryl methyl sites for hydroxylation is 1. The lowest BCUT2D eigenvalue weighted by Gasteiger charge is -2.06. The summed E-state index contributed by atoms with van der Waals surface area (Å²) >= 11 is 5.90. The van der Waals surface area contributed by atoms with E-state index >= 15 is 0 Å². The summed E-state index contributed by atoms with van der Waals surface area (Å²) < 4.78 is 5.52. The molecule has 0 aromatic heterocycles. The Morgan fingerprint density at radius 2 is 2.25 bits per heavy atom. The normalized spacial score (nSPS) is 14.2. The molecule has 0 heterocycles. The van der Waals surface area contributed by atoms with E-state index in [4.69, 9.17) is 16.3 Å². The zero-order valence-electron chi connectivity index (χ0n) is 11.7. The predicted molar refractivity (Wildman–Crippen MR) is 80.9 cm³/mol. The van der Waals surface area contributed by atoms with Crippen LogP contribution in [-0.2, 0) is 16.0 Å². The summed E-state index contributed by atoms with van der Waals surface area (Å²) in [7, 11) is 0. The molecule has 1 aromatic rings. The van der Waals surface area contributed by atoms with Crippen molar-refractivity contribution in [2.24, 2.45) is 5.92 Å². The molecule has 3 nitrogen and oxygen atoms in total. The maximum Gasteiger partial charge on any atom is 0.220 e. The first-order valence-corrected chi connectivity index (χ1v) is 7.71. The molecule has 4 heteroatoms. The van der Waals surface area contributed by atoms with Crippen molar-refractivity contribution < 1.29 is 9.53 Å². The van der Waals surface area contributed by atoms with Gasteiger partial charge in [0.25, 0.3) is 0 Å². The number of nitrogens with one attached hydrogen (secondary N) is 1. The van der Waals surface area contributed by atoms with Gasteiger partial charge in [-0.1, -0.05) is 23.7 Å². The fraction of sp³-hybridized carbons (Fsp3) is 0.562. The zero-order chi connectivity index (χ0) is 14.2. The smallest absolute Gasteiger partial charge is 0.220 e. The van der Waals surface area contributed by atoms with E-state index in [1.54, 1.807) is 0 Å². The predicted octanol–water partition coefficient (Wildman–Crippen LogP) is 3.21. The number of hydrogen-bond acceptors (Lipinski definition) is 2. The van der Waals surface area contributed by atoms with Crippen LogP contribution in [-0.4, -0.2) is 25.7 Å². The maximum atomic E-state index is 11.7. The first-order chi connectivity index (χ1) is 9.74. The summed E-state index contributed by atoms with van der Waals surface area (Å²) in [6.45, 7) is 2.33. The van der Waals surface area contributed by atoms with Gasteiger partial charge in [-0.3, -0.25) is 4.79 Å². The van der Waals surface area contributed by atoms with E-state index in [-0.39, 0.29) is 5.91 Å². The van der Waals surface area contributed by atoms with Crippen LogP contribution < -0.4 is 5.32 Å². The molecule has 0 unspecified atom stereocenters. The molecule has 0 saturated heterocycles. The number of ether oxygens (including phenoxy) is 1. The Hall–Kier alpha value is -1.06. The molecular weight excluding hydrogens is 274 g/mol. The molecule has 110 valence electrons. The van der Waals surface area contributed by atoms with Crippen LogP contribution in [0.5, 0.6) is 0 Å². The fourth-order valence-electron chi connectivity index (χ4n) is 1.98. The molecule has 1 amide bonds. The Balaban J connectivity index is 1.49. The molecular formula is C16H22ClNO2. The quantitative estimate of drug-likeness (QED) is 0.711. The minimum Gasteiger partial charge on any atom is -0.381 e. The maximum absolute atomic E-state index is 11.7. The van der Waals surface area contributed by atoms with Gasteiger partial charge in [-0.05, 0) is 49.3 Å². The Kier molecular flexibility index (Phi) is 6.34. The van der Waals surface area contributed by atoms with E-state index in [0.717, 1.165) is 42.6 Å². The van der Waals surface area contributed by atoms with Crippen LogP contribution in [0.4, 0.5) is 0 Å². The van der Waals surface area contributed by atoms with Crippen LogP contribution in [0.15, 0.2) is 24.3 Å². The lowest BCUT2D eigenvalue weighted by molar-refractivity contribution is -0.121. The van der Waals surface area contributed by atoms with Crippen LogP contribution in [0.1, 0.15) is 31.2 Å². The Labute approximate surface area is 125 Å². The van der Waals surface area contributed by atoms with E-state index in [9.17, 15) is 4.79 Å². The van der Waals surface area contributed by atoms with Gasteiger partial charge in [0.15, 0.2) is 0 Å². The average Bonchev–Trinajstić information content (AvgIpc) is 3.24. The number of amides is 1. The molecule has 1 aliphatic rings. The molecule has 20 heavy (non-hydrogen) atoms. The summed E-state index contributed by atoms with van der Waals surface area (Å²) in [6, 6.07) is 7.64. The topological polar surface area (TPSA) is 38.3 Å². The molecule has 1 saturated carbocycles. The molecule has 0 atom stereocenters. The third-order valence-electron chi connectivity index (χ3n) is 3.37. The van der Waals surface area contributed by atoms with Crippen molar-refractivity contribution in [3.05, 3.63) is 34.9 Å². The molecule has 0 aliphatic heterocycles. The lowest BCUT2D eigenvalue weighted by atomic mass is 10.1. The molecule has 0 radical (unpaired) electrons. The number of benzene rings is 1. The minimum atomic E-state index is 0.0900. The lowest BCUT2D eigenvalue weighted by Crippen LogP contribution is -2.25. The minimum absolute atomic E-state index is 0.0900. The van der Waals surface area contributed by atoms with Crippen molar-refractivity contribution in [1.82, 2.24) is 5.32 Å². The molecule has 1 N–H and O–H groups in total. The van der Waals surface area contributed by atoms with E-state index in [2.05, 4.69) is 5.32 Å². The van der Waals surface area contributed by atoms with E-state index in [1.807, 2.05) is 24.3 Å². The second-order valence-electron chi connectivity index (χ2n) is 5.35. The van der Waals surface area contributed by atoms with Crippen molar-refractivity contribution in [3.8, 4) is 0 Å². The SMILES string of the molecule is O=C(CCc1cccc(Cl)c1)NCCCOCC1CC1. The third kappa shape index (κ3) is 6.40. The number of carbonyl (C=O) groups is 1.